The Morgan fingerprint density at radius 3 is 3.04 bits per heavy atom. The largest absolute Gasteiger partial charge is 0.354 e. The van der Waals surface area contributed by atoms with Crippen LogP contribution in [-0.4, -0.2) is 51.6 Å². The first-order chi connectivity index (χ1) is 12.1. The second kappa shape index (κ2) is 6.84. The number of carbonyl (C=O) groups is 1. The molecule has 1 saturated heterocycles. The predicted octanol–water partition coefficient (Wildman–Crippen LogP) is 1.55. The number of anilines is 1. The Bertz CT molecular complexity index is 841. The molecule has 0 aromatic carbocycles. The van der Waals surface area contributed by atoms with E-state index < -0.39 is 0 Å². The van der Waals surface area contributed by atoms with E-state index >= 15 is 0 Å². The van der Waals surface area contributed by atoms with Crippen molar-refractivity contribution in [3.05, 3.63) is 23.5 Å². The number of fused-ring (bicyclic) bond motifs is 1. The summed E-state index contributed by atoms with van der Waals surface area (Å²) >= 11 is 0. The van der Waals surface area contributed by atoms with Crippen LogP contribution >= 0.6 is 0 Å². The molecule has 0 radical (unpaired) electrons. The minimum atomic E-state index is -0.142. The molecule has 9 heteroatoms. The third-order valence-electron chi connectivity index (χ3n) is 4.86. The molecule has 25 heavy (non-hydrogen) atoms. The highest BCUT2D eigenvalue weighted by molar-refractivity contribution is 5.88. The fraction of sp³-hybridized carbons (Fsp3) is 0.500. The van der Waals surface area contributed by atoms with Gasteiger partial charge in [0.2, 0.25) is 5.91 Å². The van der Waals surface area contributed by atoms with E-state index in [-0.39, 0.29) is 18.4 Å². The lowest BCUT2D eigenvalue weighted by atomic mass is 9.92. The molecule has 130 valence electrons. The summed E-state index contributed by atoms with van der Waals surface area (Å²) in [7, 11) is 1.92. The van der Waals surface area contributed by atoms with Crippen LogP contribution < -0.4 is 4.90 Å². The van der Waals surface area contributed by atoms with Gasteiger partial charge in [-0.3, -0.25) is 4.79 Å². The van der Waals surface area contributed by atoms with Crippen LogP contribution in [0.15, 0.2) is 23.9 Å². The van der Waals surface area contributed by atoms with Crippen molar-refractivity contribution in [2.45, 2.75) is 25.8 Å². The normalized spacial score (nSPS) is 20.3. The van der Waals surface area contributed by atoms with Gasteiger partial charge in [0.25, 0.3) is 0 Å². The van der Waals surface area contributed by atoms with E-state index in [1.54, 1.807) is 17.2 Å². The van der Waals surface area contributed by atoms with Gasteiger partial charge >= 0.3 is 0 Å². The van der Waals surface area contributed by atoms with E-state index in [1.807, 2.05) is 18.0 Å². The van der Waals surface area contributed by atoms with E-state index in [4.69, 9.17) is 5.26 Å². The number of nitriles is 1. The van der Waals surface area contributed by atoms with Crippen LogP contribution in [0, 0.1) is 22.2 Å². The summed E-state index contributed by atoms with van der Waals surface area (Å²) in [5.41, 5.74) is 0.452. The number of piperidine rings is 1. The molecule has 9 nitrogen and oxygen atoms in total. The van der Waals surface area contributed by atoms with Crippen LogP contribution in [0.2, 0.25) is 0 Å². The number of nitroso groups, excluding NO2 is 1. The average Bonchev–Trinajstić information content (AvgIpc) is 3.05. The molecule has 0 unspecified atom stereocenters. The number of hydrogen-bond donors (Lipinski definition) is 0. The molecule has 0 aliphatic carbocycles. The monoisotopic (exact) mass is 341 g/mol. The van der Waals surface area contributed by atoms with Crippen molar-refractivity contribution in [3.63, 3.8) is 0 Å². The molecule has 0 spiro atoms. The van der Waals surface area contributed by atoms with E-state index in [1.165, 1.54) is 11.0 Å². The molecule has 3 heterocycles. The first-order valence-corrected chi connectivity index (χ1v) is 8.10. The lowest BCUT2D eigenvalue weighted by Crippen LogP contribution is -2.52. The van der Waals surface area contributed by atoms with Gasteiger partial charge in [-0.05, 0) is 18.4 Å². The van der Waals surface area contributed by atoms with Crippen molar-refractivity contribution >= 4 is 22.8 Å². The fourth-order valence-electron chi connectivity index (χ4n) is 3.39. The average molecular weight is 341 g/mol. The molecule has 2 aromatic rings. The highest BCUT2D eigenvalue weighted by Gasteiger charge is 2.32. The van der Waals surface area contributed by atoms with Crippen molar-refractivity contribution in [1.29, 1.82) is 5.26 Å². The number of nitrogens with zero attached hydrogens (tertiary/aromatic N) is 7. The molecule has 1 fully saturated rings. The number of hydrogen-bond acceptors (Lipinski definition) is 7. The summed E-state index contributed by atoms with van der Waals surface area (Å²) in [5.74, 6) is 0.906. The minimum Gasteiger partial charge on any atom is -0.354 e. The van der Waals surface area contributed by atoms with E-state index in [0.29, 0.717) is 30.5 Å². The maximum atomic E-state index is 12.1. The lowest BCUT2D eigenvalue weighted by molar-refractivity contribution is -0.131. The molecule has 2 atom stereocenters. The van der Waals surface area contributed by atoms with Crippen LogP contribution in [0.4, 0.5) is 5.82 Å². The highest BCUT2D eigenvalue weighted by atomic mass is 16.3. The van der Waals surface area contributed by atoms with Crippen LogP contribution in [-0.2, 0) is 4.79 Å². The Hall–Kier alpha value is -3.02. The molecular weight excluding hydrogens is 322 g/mol. The predicted molar refractivity (Wildman–Crippen MR) is 91.5 cm³/mol. The Morgan fingerprint density at radius 1 is 1.52 bits per heavy atom. The molecule has 1 aliphatic heterocycles. The van der Waals surface area contributed by atoms with Gasteiger partial charge in [-0.15, -0.1) is 4.91 Å². The Kier molecular flexibility index (Phi) is 4.61. The number of aromatic nitrogens is 3. The highest BCUT2D eigenvalue weighted by Crippen LogP contribution is 2.29. The minimum absolute atomic E-state index is 0.0574. The summed E-state index contributed by atoms with van der Waals surface area (Å²) in [5, 5.41) is 12.4. The maximum Gasteiger partial charge on any atom is 0.236 e. The number of likely N-dealkylation sites (tertiary alicyclic amines) is 1. The molecular formula is C16H19N7O2. The van der Waals surface area contributed by atoms with E-state index in [2.05, 4.69) is 22.2 Å². The van der Waals surface area contributed by atoms with Gasteiger partial charge in [-0.25, -0.2) is 9.97 Å². The van der Waals surface area contributed by atoms with Crippen molar-refractivity contribution in [2.75, 3.05) is 25.0 Å². The smallest absolute Gasteiger partial charge is 0.236 e. The quantitative estimate of drug-likeness (QED) is 0.781. The van der Waals surface area contributed by atoms with Crippen LogP contribution in [0.5, 0.6) is 0 Å². The summed E-state index contributed by atoms with van der Waals surface area (Å²) in [6.45, 7) is 3.34. The van der Waals surface area contributed by atoms with Crippen molar-refractivity contribution in [3.8, 4) is 6.07 Å². The number of carbonyl (C=O) groups excluding carboxylic acids is 1. The fourth-order valence-corrected chi connectivity index (χ4v) is 3.39. The van der Waals surface area contributed by atoms with E-state index in [9.17, 15) is 9.70 Å². The molecule has 0 bridgehead atoms. The molecule has 2 aromatic heterocycles. The van der Waals surface area contributed by atoms with Gasteiger partial charge in [0.1, 0.15) is 18.6 Å². The van der Waals surface area contributed by atoms with Crippen molar-refractivity contribution in [1.82, 2.24) is 19.5 Å². The summed E-state index contributed by atoms with van der Waals surface area (Å²) in [6.07, 6.45) is 3.71. The zero-order valence-corrected chi connectivity index (χ0v) is 14.2. The Morgan fingerprint density at radius 2 is 2.32 bits per heavy atom. The van der Waals surface area contributed by atoms with Gasteiger partial charge < -0.3 is 9.80 Å². The van der Waals surface area contributed by atoms with Gasteiger partial charge in [-0.2, -0.15) is 9.94 Å². The third-order valence-corrected chi connectivity index (χ3v) is 4.86. The number of amides is 1. The van der Waals surface area contributed by atoms with Gasteiger partial charge in [0.15, 0.2) is 5.65 Å². The number of rotatable bonds is 4. The molecule has 0 saturated carbocycles. The van der Waals surface area contributed by atoms with Crippen LogP contribution in [0.3, 0.4) is 0 Å². The Balaban J connectivity index is 1.90. The second-order valence-electron chi connectivity index (χ2n) is 6.30. The zero-order valence-electron chi connectivity index (χ0n) is 14.2. The van der Waals surface area contributed by atoms with Gasteiger partial charge in [-0.1, -0.05) is 6.92 Å². The number of likely N-dealkylation sites (N-methyl/N-ethyl adjacent to an activating group) is 1. The molecule has 1 amide bonds. The lowest BCUT2D eigenvalue weighted by Gasteiger charge is -2.42. The SMILES string of the molecule is C[C@@H]1CCN(C(=O)CC#N)C[C@@H]1N(C)c1ncnc2c1ccn2N=O. The first kappa shape index (κ1) is 16.8. The molecule has 1 aliphatic rings. The molecule has 3 rings (SSSR count). The van der Waals surface area contributed by atoms with E-state index in [0.717, 1.165) is 11.8 Å². The zero-order chi connectivity index (χ0) is 18.0. The third kappa shape index (κ3) is 3.03. The maximum absolute atomic E-state index is 12.1. The van der Waals surface area contributed by atoms with Crippen molar-refractivity contribution < 1.29 is 4.79 Å². The topological polar surface area (TPSA) is 107 Å². The molecule has 0 N–H and O–H groups in total. The van der Waals surface area contributed by atoms with Gasteiger partial charge in [0.05, 0.1) is 22.8 Å². The second-order valence-corrected chi connectivity index (χ2v) is 6.30. The first-order valence-electron chi connectivity index (χ1n) is 8.10. The van der Waals surface area contributed by atoms with Gasteiger partial charge in [0, 0.05) is 26.3 Å². The Labute approximate surface area is 144 Å². The van der Waals surface area contributed by atoms with Crippen LogP contribution in [0.1, 0.15) is 19.8 Å². The van der Waals surface area contributed by atoms with Crippen molar-refractivity contribution in [2.24, 2.45) is 11.2 Å². The van der Waals surface area contributed by atoms with Crippen LogP contribution in [0.25, 0.3) is 11.0 Å². The summed E-state index contributed by atoms with van der Waals surface area (Å²) < 4.78 is 1.17. The standard InChI is InChI=1S/C16H19N7O2/c1-11-4-7-22(14(24)3-6-17)9-13(11)21(2)15-12-5-8-23(20-25)16(12)19-10-18-15/h5,8,10-11,13H,3-4,7,9H2,1-2H3/t11-,13+/m1/s1. The summed E-state index contributed by atoms with van der Waals surface area (Å²) in [4.78, 5) is 35.2. The summed E-state index contributed by atoms with van der Waals surface area (Å²) in [6, 6.07) is 3.73.